The lowest BCUT2D eigenvalue weighted by Gasteiger charge is -2.09. The Labute approximate surface area is 61.7 Å². The molecule has 0 rings (SSSR count). The largest absolute Gasteiger partial charge is 0.405 e. The molecule has 6 heteroatoms. The van der Waals surface area contributed by atoms with E-state index in [0.29, 0.717) is 0 Å². The minimum Gasteiger partial charge on any atom is -0.346 e. The Morgan fingerprint density at radius 1 is 1.64 bits per heavy atom. The molecule has 0 aliphatic heterocycles. The van der Waals surface area contributed by atoms with Crippen molar-refractivity contribution in [3.05, 3.63) is 0 Å². The molecular formula is C5H9F3N2O. The Bertz CT molecular complexity index is 143. The third kappa shape index (κ3) is 5.65. The van der Waals surface area contributed by atoms with Gasteiger partial charge in [-0.15, -0.1) is 0 Å². The summed E-state index contributed by atoms with van der Waals surface area (Å²) in [6.07, 6.45) is -4.37. The van der Waals surface area contributed by atoms with Gasteiger partial charge in [-0.2, -0.15) is 13.2 Å². The fourth-order valence-corrected chi connectivity index (χ4v) is 0.348. The van der Waals surface area contributed by atoms with E-state index in [9.17, 15) is 18.0 Å². The van der Waals surface area contributed by atoms with Crippen LogP contribution in [-0.2, 0) is 4.79 Å². The zero-order chi connectivity index (χ0) is 9.07. The maximum Gasteiger partial charge on any atom is 0.405 e. The number of hydrogen-bond donors (Lipinski definition) is 2. The molecule has 0 aliphatic rings. The Morgan fingerprint density at radius 2 is 2.09 bits per heavy atom. The molecule has 0 fully saturated rings. The molecule has 66 valence electrons. The third-order valence-electron chi connectivity index (χ3n) is 0.877. The summed E-state index contributed by atoms with van der Waals surface area (Å²) >= 11 is 0. The van der Waals surface area contributed by atoms with E-state index >= 15 is 0 Å². The summed E-state index contributed by atoms with van der Waals surface area (Å²) < 4.78 is 34.3. The van der Waals surface area contributed by atoms with Crippen molar-refractivity contribution in [3.63, 3.8) is 0 Å². The smallest absolute Gasteiger partial charge is 0.346 e. The number of nitrogens with two attached hydrogens (primary N) is 1. The molecule has 0 saturated carbocycles. The predicted octanol–water partition coefficient (Wildman–Crippen LogP) is 0.0121. The first-order valence-corrected chi connectivity index (χ1v) is 2.93. The van der Waals surface area contributed by atoms with Gasteiger partial charge in [0.15, 0.2) is 0 Å². The summed E-state index contributed by atoms with van der Waals surface area (Å²) in [5.41, 5.74) is 4.99. The molecule has 3 N–H and O–H groups in total. The lowest BCUT2D eigenvalue weighted by atomic mass is 10.3. The van der Waals surface area contributed by atoms with Crippen LogP contribution in [0.15, 0.2) is 0 Å². The fraction of sp³-hybridized carbons (Fsp3) is 0.800. The molecule has 0 bridgehead atoms. The number of carbonyl (C=O) groups is 1. The van der Waals surface area contributed by atoms with Crippen LogP contribution in [-0.4, -0.2) is 24.7 Å². The minimum absolute atomic E-state index is 0.803. The maximum absolute atomic E-state index is 11.4. The molecule has 1 amide bonds. The van der Waals surface area contributed by atoms with Crippen LogP contribution in [0.3, 0.4) is 0 Å². The first-order chi connectivity index (χ1) is 4.83. The van der Waals surface area contributed by atoms with E-state index in [1.165, 1.54) is 6.92 Å². The highest BCUT2D eigenvalue weighted by atomic mass is 19.4. The monoisotopic (exact) mass is 170 g/mol. The Balaban J connectivity index is 3.64. The van der Waals surface area contributed by atoms with E-state index in [1.54, 1.807) is 5.32 Å². The van der Waals surface area contributed by atoms with Crippen molar-refractivity contribution in [1.29, 1.82) is 0 Å². The van der Waals surface area contributed by atoms with Crippen molar-refractivity contribution < 1.29 is 18.0 Å². The van der Waals surface area contributed by atoms with Crippen molar-refractivity contribution >= 4 is 5.91 Å². The quantitative estimate of drug-likeness (QED) is 0.613. The summed E-state index contributed by atoms with van der Waals surface area (Å²) in [6, 6.07) is -0.905. The summed E-state index contributed by atoms with van der Waals surface area (Å²) in [5.74, 6) is -0.803. The van der Waals surface area contributed by atoms with Crippen LogP contribution in [0.1, 0.15) is 6.92 Å². The van der Waals surface area contributed by atoms with E-state index in [4.69, 9.17) is 5.73 Å². The molecule has 3 nitrogen and oxygen atoms in total. The van der Waals surface area contributed by atoms with Gasteiger partial charge in [0.2, 0.25) is 5.91 Å². The van der Waals surface area contributed by atoms with E-state index < -0.39 is 24.7 Å². The van der Waals surface area contributed by atoms with Gasteiger partial charge >= 0.3 is 6.18 Å². The molecular weight excluding hydrogens is 161 g/mol. The van der Waals surface area contributed by atoms with Crippen LogP contribution in [0.4, 0.5) is 13.2 Å². The minimum atomic E-state index is -4.37. The van der Waals surface area contributed by atoms with Gasteiger partial charge in [0.05, 0.1) is 6.04 Å². The number of rotatable bonds is 2. The average molecular weight is 170 g/mol. The van der Waals surface area contributed by atoms with Crippen LogP contribution in [0.25, 0.3) is 0 Å². The lowest BCUT2D eigenvalue weighted by Crippen LogP contribution is -2.42. The molecule has 0 aromatic heterocycles. The summed E-state index contributed by atoms with van der Waals surface area (Å²) in [4.78, 5) is 10.5. The Hall–Kier alpha value is -0.780. The molecule has 0 aliphatic carbocycles. The number of alkyl halides is 3. The average Bonchev–Trinajstić information content (AvgIpc) is 1.80. The zero-order valence-electron chi connectivity index (χ0n) is 5.90. The molecule has 0 saturated heterocycles. The third-order valence-corrected chi connectivity index (χ3v) is 0.877. The number of carbonyl (C=O) groups excluding carboxylic acids is 1. The SMILES string of the molecule is C[C@H](N)C(=O)NCC(F)(F)F. The number of nitrogens with one attached hydrogen (secondary N) is 1. The van der Waals surface area contributed by atoms with Crippen molar-refractivity contribution in [2.45, 2.75) is 19.1 Å². The normalized spacial score (nSPS) is 14.3. The van der Waals surface area contributed by atoms with Crippen molar-refractivity contribution in [2.24, 2.45) is 5.73 Å². The summed E-state index contributed by atoms with van der Waals surface area (Å²) in [5, 5.41) is 1.63. The van der Waals surface area contributed by atoms with E-state index in [2.05, 4.69) is 0 Å². The standard InChI is InChI=1S/C5H9F3N2O/c1-3(9)4(11)10-2-5(6,7)8/h3H,2,9H2,1H3,(H,10,11)/t3-/m0/s1. The number of amides is 1. The second kappa shape index (κ2) is 3.56. The van der Waals surface area contributed by atoms with Gasteiger partial charge < -0.3 is 11.1 Å². The first kappa shape index (κ1) is 10.2. The first-order valence-electron chi connectivity index (χ1n) is 2.93. The van der Waals surface area contributed by atoms with Gasteiger partial charge in [-0.05, 0) is 6.92 Å². The second-order valence-corrected chi connectivity index (χ2v) is 2.12. The Kier molecular flexibility index (Phi) is 3.31. The van der Waals surface area contributed by atoms with Crippen LogP contribution in [0.2, 0.25) is 0 Å². The van der Waals surface area contributed by atoms with Gasteiger partial charge in [0.25, 0.3) is 0 Å². The molecule has 1 atom stereocenters. The van der Waals surface area contributed by atoms with Gasteiger partial charge in [0.1, 0.15) is 6.54 Å². The molecule has 0 unspecified atom stereocenters. The van der Waals surface area contributed by atoms with Crippen molar-refractivity contribution in [3.8, 4) is 0 Å². The topological polar surface area (TPSA) is 55.1 Å². The Morgan fingerprint density at radius 3 is 2.36 bits per heavy atom. The van der Waals surface area contributed by atoms with Crippen molar-refractivity contribution in [1.82, 2.24) is 5.32 Å². The highest BCUT2D eigenvalue weighted by Crippen LogP contribution is 2.11. The van der Waals surface area contributed by atoms with Gasteiger partial charge in [0, 0.05) is 0 Å². The number of hydrogen-bond acceptors (Lipinski definition) is 2. The van der Waals surface area contributed by atoms with Gasteiger partial charge in [-0.25, -0.2) is 0 Å². The van der Waals surface area contributed by atoms with Crippen LogP contribution >= 0.6 is 0 Å². The number of halogens is 3. The van der Waals surface area contributed by atoms with Crippen LogP contribution in [0.5, 0.6) is 0 Å². The van der Waals surface area contributed by atoms with Gasteiger partial charge in [-0.3, -0.25) is 4.79 Å². The summed E-state index contributed by atoms with van der Waals surface area (Å²) in [7, 11) is 0. The molecule has 11 heavy (non-hydrogen) atoms. The predicted molar refractivity (Wildman–Crippen MR) is 32.7 cm³/mol. The van der Waals surface area contributed by atoms with Crippen LogP contribution < -0.4 is 11.1 Å². The molecule has 0 spiro atoms. The maximum atomic E-state index is 11.4. The van der Waals surface area contributed by atoms with Crippen molar-refractivity contribution in [2.75, 3.05) is 6.54 Å². The highest BCUT2D eigenvalue weighted by molar-refractivity contribution is 5.80. The zero-order valence-corrected chi connectivity index (χ0v) is 5.90. The molecule has 0 heterocycles. The van der Waals surface area contributed by atoms with E-state index in [-0.39, 0.29) is 0 Å². The lowest BCUT2D eigenvalue weighted by molar-refractivity contribution is -0.138. The second-order valence-electron chi connectivity index (χ2n) is 2.12. The highest BCUT2D eigenvalue weighted by Gasteiger charge is 2.27. The molecule has 0 radical (unpaired) electrons. The fourth-order valence-electron chi connectivity index (χ4n) is 0.348. The van der Waals surface area contributed by atoms with Crippen LogP contribution in [0, 0.1) is 0 Å². The summed E-state index contributed by atoms with van der Waals surface area (Å²) in [6.45, 7) is -0.0148. The van der Waals surface area contributed by atoms with E-state index in [1.807, 2.05) is 0 Å². The molecule has 0 aromatic carbocycles. The molecule has 0 aromatic rings. The van der Waals surface area contributed by atoms with E-state index in [0.717, 1.165) is 0 Å². The van der Waals surface area contributed by atoms with Gasteiger partial charge in [-0.1, -0.05) is 0 Å².